The van der Waals surface area contributed by atoms with Gasteiger partial charge in [0.15, 0.2) is 11.5 Å². The van der Waals surface area contributed by atoms with E-state index in [1.54, 1.807) is 19.1 Å². The first kappa shape index (κ1) is 16.9. The Morgan fingerprint density at radius 1 is 1.04 bits per heavy atom. The summed E-state index contributed by atoms with van der Waals surface area (Å²) in [5.74, 6) is 1.36. The first-order valence-electron chi connectivity index (χ1n) is 7.67. The van der Waals surface area contributed by atoms with E-state index in [1.807, 2.05) is 56.3 Å². The fraction of sp³-hybridized carbons (Fsp3) is 0.316. The zero-order valence-electron chi connectivity index (χ0n) is 14.1. The Kier molecular flexibility index (Phi) is 5.63. The molecule has 0 bridgehead atoms. The molecule has 0 heterocycles. The highest BCUT2D eigenvalue weighted by Gasteiger charge is 2.15. The molecule has 0 unspecified atom stereocenters. The number of anilines is 1. The van der Waals surface area contributed by atoms with Crippen molar-refractivity contribution < 1.29 is 14.3 Å². The molecule has 0 aliphatic heterocycles. The van der Waals surface area contributed by atoms with E-state index < -0.39 is 0 Å². The first-order valence-corrected chi connectivity index (χ1v) is 7.67. The Morgan fingerprint density at radius 2 is 1.78 bits per heavy atom. The maximum atomic E-state index is 12.7. The Balaban J connectivity index is 2.19. The molecular weight excluding hydrogens is 290 g/mol. The summed E-state index contributed by atoms with van der Waals surface area (Å²) in [7, 11) is 3.19. The predicted octanol–water partition coefficient (Wildman–Crippen LogP) is 3.61. The summed E-state index contributed by atoms with van der Waals surface area (Å²) < 4.78 is 10.5. The second kappa shape index (κ2) is 7.68. The Hall–Kier alpha value is -2.49. The third-order valence-electron chi connectivity index (χ3n) is 3.73. The lowest BCUT2D eigenvalue weighted by Gasteiger charge is -2.22. The average Bonchev–Trinajstić information content (AvgIpc) is 2.55. The van der Waals surface area contributed by atoms with E-state index in [-0.39, 0.29) is 5.91 Å². The van der Waals surface area contributed by atoms with Gasteiger partial charge in [0.25, 0.3) is 0 Å². The SMILES string of the molecule is CCN(C(=O)Cc1ccc(OC)c(OC)c1)c1cccc(C)c1. The molecule has 0 N–H and O–H groups in total. The molecule has 0 saturated carbocycles. The van der Waals surface area contributed by atoms with Gasteiger partial charge in [-0.15, -0.1) is 0 Å². The fourth-order valence-corrected chi connectivity index (χ4v) is 2.56. The van der Waals surface area contributed by atoms with Gasteiger partial charge in [0.2, 0.25) is 5.91 Å². The maximum absolute atomic E-state index is 12.7. The van der Waals surface area contributed by atoms with Crippen molar-refractivity contribution in [2.24, 2.45) is 0 Å². The second-order valence-electron chi connectivity index (χ2n) is 5.34. The minimum atomic E-state index is 0.0605. The molecule has 122 valence electrons. The zero-order chi connectivity index (χ0) is 16.8. The van der Waals surface area contributed by atoms with Gasteiger partial charge in [-0.2, -0.15) is 0 Å². The van der Waals surface area contributed by atoms with Gasteiger partial charge in [-0.05, 0) is 49.2 Å². The van der Waals surface area contributed by atoms with Crippen molar-refractivity contribution in [2.45, 2.75) is 20.3 Å². The number of hydrogen-bond donors (Lipinski definition) is 0. The van der Waals surface area contributed by atoms with Crippen LogP contribution in [0.25, 0.3) is 0 Å². The van der Waals surface area contributed by atoms with Gasteiger partial charge in [-0.3, -0.25) is 4.79 Å². The molecule has 23 heavy (non-hydrogen) atoms. The van der Waals surface area contributed by atoms with E-state index in [2.05, 4.69) is 0 Å². The van der Waals surface area contributed by atoms with Crippen molar-refractivity contribution in [1.82, 2.24) is 0 Å². The number of benzene rings is 2. The van der Waals surface area contributed by atoms with Crippen molar-refractivity contribution in [3.05, 3.63) is 53.6 Å². The second-order valence-corrected chi connectivity index (χ2v) is 5.34. The number of aryl methyl sites for hydroxylation is 1. The van der Waals surface area contributed by atoms with Gasteiger partial charge in [0, 0.05) is 12.2 Å². The van der Waals surface area contributed by atoms with Crippen molar-refractivity contribution in [3.63, 3.8) is 0 Å². The van der Waals surface area contributed by atoms with Gasteiger partial charge in [-0.25, -0.2) is 0 Å². The minimum Gasteiger partial charge on any atom is -0.493 e. The molecule has 0 saturated heterocycles. The Labute approximate surface area is 137 Å². The highest BCUT2D eigenvalue weighted by molar-refractivity contribution is 5.94. The van der Waals surface area contributed by atoms with E-state index in [0.29, 0.717) is 24.5 Å². The van der Waals surface area contributed by atoms with Crippen LogP contribution < -0.4 is 14.4 Å². The van der Waals surface area contributed by atoms with Crippen LogP contribution in [-0.4, -0.2) is 26.7 Å². The van der Waals surface area contributed by atoms with E-state index in [4.69, 9.17) is 9.47 Å². The quantitative estimate of drug-likeness (QED) is 0.818. The number of amides is 1. The largest absolute Gasteiger partial charge is 0.493 e. The molecule has 2 aromatic rings. The molecule has 0 aliphatic carbocycles. The van der Waals surface area contributed by atoms with Crippen molar-refractivity contribution >= 4 is 11.6 Å². The van der Waals surface area contributed by atoms with E-state index in [9.17, 15) is 4.79 Å². The monoisotopic (exact) mass is 313 g/mol. The number of nitrogens with zero attached hydrogens (tertiary/aromatic N) is 1. The average molecular weight is 313 g/mol. The molecule has 0 atom stereocenters. The van der Waals surface area contributed by atoms with E-state index >= 15 is 0 Å². The highest BCUT2D eigenvalue weighted by Crippen LogP contribution is 2.28. The summed E-state index contributed by atoms with van der Waals surface area (Å²) in [5, 5.41) is 0. The summed E-state index contributed by atoms with van der Waals surface area (Å²) >= 11 is 0. The number of carbonyl (C=O) groups excluding carboxylic acids is 1. The fourth-order valence-electron chi connectivity index (χ4n) is 2.56. The van der Waals surface area contributed by atoms with Crippen molar-refractivity contribution in [1.29, 1.82) is 0 Å². The van der Waals surface area contributed by atoms with Crippen LogP contribution in [0.4, 0.5) is 5.69 Å². The topological polar surface area (TPSA) is 38.8 Å². The number of likely N-dealkylation sites (N-methyl/N-ethyl adjacent to an activating group) is 1. The smallest absolute Gasteiger partial charge is 0.231 e. The van der Waals surface area contributed by atoms with Gasteiger partial charge in [0.1, 0.15) is 0 Å². The summed E-state index contributed by atoms with van der Waals surface area (Å²) in [4.78, 5) is 14.5. The van der Waals surface area contributed by atoms with E-state index in [1.165, 1.54) is 0 Å². The molecule has 0 fully saturated rings. The van der Waals surface area contributed by atoms with Crippen LogP contribution >= 0.6 is 0 Å². The molecular formula is C19H23NO3. The predicted molar refractivity (Wildman–Crippen MR) is 92.5 cm³/mol. The molecule has 2 aromatic carbocycles. The number of rotatable bonds is 6. The summed E-state index contributed by atoms with van der Waals surface area (Å²) in [6, 6.07) is 13.5. The number of methoxy groups -OCH3 is 2. The van der Waals surface area contributed by atoms with Gasteiger partial charge in [0.05, 0.1) is 20.6 Å². The van der Waals surface area contributed by atoms with Crippen LogP contribution in [0.1, 0.15) is 18.1 Å². The molecule has 1 amide bonds. The summed E-state index contributed by atoms with van der Waals surface area (Å²) in [6.45, 7) is 4.64. The van der Waals surface area contributed by atoms with Crippen LogP contribution in [0.2, 0.25) is 0 Å². The van der Waals surface area contributed by atoms with Gasteiger partial charge >= 0.3 is 0 Å². The lowest BCUT2D eigenvalue weighted by Crippen LogP contribution is -2.32. The molecule has 2 rings (SSSR count). The number of hydrogen-bond acceptors (Lipinski definition) is 3. The summed E-state index contributed by atoms with van der Waals surface area (Å²) in [5.41, 5.74) is 2.97. The maximum Gasteiger partial charge on any atom is 0.231 e. The van der Waals surface area contributed by atoms with Gasteiger partial charge in [-0.1, -0.05) is 18.2 Å². The molecule has 0 spiro atoms. The minimum absolute atomic E-state index is 0.0605. The lowest BCUT2D eigenvalue weighted by molar-refractivity contribution is -0.117. The standard InChI is InChI=1S/C19H23NO3/c1-5-20(16-8-6-7-14(2)11-16)19(21)13-15-9-10-17(22-3)18(12-15)23-4/h6-12H,5,13H2,1-4H3. The van der Waals surface area contributed by atoms with Crippen molar-refractivity contribution in [2.75, 3.05) is 25.7 Å². The molecule has 4 heteroatoms. The summed E-state index contributed by atoms with van der Waals surface area (Å²) in [6.07, 6.45) is 0.322. The molecule has 0 aromatic heterocycles. The third-order valence-corrected chi connectivity index (χ3v) is 3.73. The molecule has 0 aliphatic rings. The van der Waals surface area contributed by atoms with Crippen LogP contribution in [0.15, 0.2) is 42.5 Å². The van der Waals surface area contributed by atoms with Gasteiger partial charge < -0.3 is 14.4 Å². The van der Waals surface area contributed by atoms with Crippen LogP contribution in [0.3, 0.4) is 0 Å². The Morgan fingerprint density at radius 3 is 2.39 bits per heavy atom. The third kappa shape index (κ3) is 4.03. The number of ether oxygens (including phenoxy) is 2. The van der Waals surface area contributed by atoms with E-state index in [0.717, 1.165) is 16.8 Å². The Bertz CT molecular complexity index is 682. The lowest BCUT2D eigenvalue weighted by atomic mass is 10.1. The number of carbonyl (C=O) groups is 1. The van der Waals surface area contributed by atoms with Crippen LogP contribution in [0, 0.1) is 6.92 Å². The van der Waals surface area contributed by atoms with Crippen LogP contribution in [-0.2, 0) is 11.2 Å². The zero-order valence-corrected chi connectivity index (χ0v) is 14.1. The first-order chi connectivity index (χ1) is 11.1. The molecule has 0 radical (unpaired) electrons. The molecule has 4 nitrogen and oxygen atoms in total. The van der Waals surface area contributed by atoms with Crippen LogP contribution in [0.5, 0.6) is 11.5 Å². The highest BCUT2D eigenvalue weighted by atomic mass is 16.5. The van der Waals surface area contributed by atoms with Crippen molar-refractivity contribution in [3.8, 4) is 11.5 Å². The normalized spacial score (nSPS) is 10.3.